The fourth-order valence-corrected chi connectivity index (χ4v) is 2.69. The van der Waals surface area contributed by atoms with E-state index in [1.54, 1.807) is 31.7 Å². The number of H-pyrrole nitrogens is 1. The van der Waals surface area contributed by atoms with Gasteiger partial charge in [0.1, 0.15) is 5.69 Å². The summed E-state index contributed by atoms with van der Waals surface area (Å²) in [5, 5.41) is 0. The van der Waals surface area contributed by atoms with Crippen LogP contribution >= 0.6 is 0 Å². The van der Waals surface area contributed by atoms with Gasteiger partial charge in [0.25, 0.3) is 0 Å². The first-order valence-corrected chi connectivity index (χ1v) is 6.82. The molecule has 0 radical (unpaired) electrons. The number of hydrogen-bond acceptors (Lipinski definition) is 4. The van der Waals surface area contributed by atoms with Crippen LogP contribution in [-0.2, 0) is 4.79 Å². The fraction of sp³-hybridized carbons (Fsp3) is 0.429. The maximum Gasteiger partial charge on any atom is 0.219 e. The number of likely N-dealkylation sites (tertiary alicyclic amines) is 1. The quantitative estimate of drug-likeness (QED) is 0.900. The average Bonchev–Trinajstić information content (AvgIpc) is 3.01. The topological polar surface area (TPSA) is 74.8 Å². The van der Waals surface area contributed by atoms with Gasteiger partial charge in [-0.15, -0.1) is 0 Å². The lowest BCUT2D eigenvalue weighted by atomic mass is 9.91. The molecule has 0 atom stereocenters. The van der Waals surface area contributed by atoms with E-state index in [-0.39, 0.29) is 5.91 Å². The first-order valence-electron chi connectivity index (χ1n) is 6.82. The minimum atomic E-state index is 0.147. The van der Waals surface area contributed by atoms with Crippen molar-refractivity contribution in [2.24, 2.45) is 0 Å². The van der Waals surface area contributed by atoms with Gasteiger partial charge in [-0.05, 0) is 12.8 Å². The van der Waals surface area contributed by atoms with Crippen LogP contribution < -0.4 is 0 Å². The number of aromatic amines is 1. The SMILES string of the molecule is CC(=O)N1CCC(c2nccnc2-c2ncc[nH]2)CC1. The second-order valence-corrected chi connectivity index (χ2v) is 5.01. The molecule has 3 heterocycles. The van der Waals surface area contributed by atoms with Crippen molar-refractivity contribution in [3.63, 3.8) is 0 Å². The van der Waals surface area contributed by atoms with E-state index in [0.29, 0.717) is 5.92 Å². The summed E-state index contributed by atoms with van der Waals surface area (Å²) in [4.78, 5) is 29.5. The van der Waals surface area contributed by atoms with Crippen LogP contribution in [-0.4, -0.2) is 43.8 Å². The van der Waals surface area contributed by atoms with Crippen molar-refractivity contribution >= 4 is 5.91 Å². The smallest absolute Gasteiger partial charge is 0.219 e. The number of nitrogens with one attached hydrogen (secondary N) is 1. The standard InChI is InChI=1S/C14H17N5O/c1-10(20)19-8-2-11(3-9-19)12-13(16-5-4-15-12)14-17-6-7-18-14/h4-7,11H,2-3,8-9H2,1H3,(H,17,18). The van der Waals surface area contributed by atoms with Crippen LogP contribution in [0.1, 0.15) is 31.4 Å². The summed E-state index contributed by atoms with van der Waals surface area (Å²) in [5.41, 5.74) is 1.80. The number of imidazole rings is 1. The fourth-order valence-electron chi connectivity index (χ4n) is 2.69. The highest BCUT2D eigenvalue weighted by molar-refractivity contribution is 5.73. The summed E-state index contributed by atoms with van der Waals surface area (Å²) in [6, 6.07) is 0. The van der Waals surface area contributed by atoms with Gasteiger partial charge in [-0.25, -0.2) is 9.97 Å². The van der Waals surface area contributed by atoms with E-state index in [0.717, 1.165) is 43.1 Å². The van der Waals surface area contributed by atoms with Crippen molar-refractivity contribution in [2.45, 2.75) is 25.7 Å². The van der Waals surface area contributed by atoms with Gasteiger partial charge in [-0.3, -0.25) is 9.78 Å². The molecule has 20 heavy (non-hydrogen) atoms. The van der Waals surface area contributed by atoms with Gasteiger partial charge in [0, 0.05) is 50.7 Å². The second-order valence-electron chi connectivity index (χ2n) is 5.01. The van der Waals surface area contributed by atoms with Crippen LogP contribution in [0.5, 0.6) is 0 Å². The third kappa shape index (κ3) is 2.41. The number of carbonyl (C=O) groups excluding carboxylic acids is 1. The average molecular weight is 271 g/mol. The lowest BCUT2D eigenvalue weighted by Crippen LogP contribution is -2.36. The molecule has 2 aromatic rings. The number of amides is 1. The largest absolute Gasteiger partial charge is 0.343 e. The van der Waals surface area contributed by atoms with Crippen LogP contribution in [0.15, 0.2) is 24.8 Å². The van der Waals surface area contributed by atoms with E-state index in [9.17, 15) is 4.79 Å². The summed E-state index contributed by atoms with van der Waals surface area (Å²) in [6.07, 6.45) is 8.75. The van der Waals surface area contributed by atoms with Crippen LogP contribution in [0.4, 0.5) is 0 Å². The molecule has 6 nitrogen and oxygen atoms in total. The van der Waals surface area contributed by atoms with Crippen LogP contribution in [0.3, 0.4) is 0 Å². The molecule has 0 bridgehead atoms. The van der Waals surface area contributed by atoms with E-state index < -0.39 is 0 Å². The van der Waals surface area contributed by atoms with Gasteiger partial charge >= 0.3 is 0 Å². The lowest BCUT2D eigenvalue weighted by molar-refractivity contribution is -0.129. The molecule has 3 rings (SSSR count). The van der Waals surface area contributed by atoms with Crippen molar-refractivity contribution in [3.8, 4) is 11.5 Å². The van der Waals surface area contributed by atoms with Gasteiger partial charge in [0.2, 0.25) is 5.91 Å². The van der Waals surface area contributed by atoms with Crippen molar-refractivity contribution in [2.75, 3.05) is 13.1 Å². The Morgan fingerprint density at radius 2 is 1.95 bits per heavy atom. The molecule has 0 unspecified atom stereocenters. The van der Waals surface area contributed by atoms with Crippen LogP contribution in [0, 0.1) is 0 Å². The third-order valence-electron chi connectivity index (χ3n) is 3.78. The maximum absolute atomic E-state index is 11.4. The van der Waals surface area contributed by atoms with E-state index in [2.05, 4.69) is 19.9 Å². The third-order valence-corrected chi connectivity index (χ3v) is 3.78. The first-order chi connectivity index (χ1) is 9.75. The molecule has 2 aromatic heterocycles. The zero-order chi connectivity index (χ0) is 13.9. The molecule has 1 aliphatic heterocycles. The number of nitrogens with zero attached hydrogens (tertiary/aromatic N) is 4. The monoisotopic (exact) mass is 271 g/mol. The summed E-state index contributed by atoms with van der Waals surface area (Å²) >= 11 is 0. The molecular weight excluding hydrogens is 254 g/mol. The normalized spacial score (nSPS) is 16.4. The molecule has 6 heteroatoms. The predicted molar refractivity (Wildman–Crippen MR) is 73.8 cm³/mol. The summed E-state index contributed by atoms with van der Waals surface area (Å²) in [5.74, 6) is 1.23. The van der Waals surface area contributed by atoms with E-state index >= 15 is 0 Å². The van der Waals surface area contributed by atoms with E-state index in [4.69, 9.17) is 0 Å². The molecule has 1 N–H and O–H groups in total. The van der Waals surface area contributed by atoms with Crippen LogP contribution in [0.2, 0.25) is 0 Å². The Bertz CT molecular complexity index is 587. The van der Waals surface area contributed by atoms with Crippen molar-refractivity contribution < 1.29 is 4.79 Å². The summed E-state index contributed by atoms with van der Waals surface area (Å²) in [7, 11) is 0. The molecule has 0 aromatic carbocycles. The van der Waals surface area contributed by atoms with E-state index in [1.165, 1.54) is 0 Å². The molecule has 0 aliphatic carbocycles. The molecular formula is C14H17N5O. The van der Waals surface area contributed by atoms with E-state index in [1.807, 2.05) is 4.90 Å². The molecule has 104 valence electrons. The van der Waals surface area contributed by atoms with Gasteiger partial charge in [-0.2, -0.15) is 0 Å². The number of rotatable bonds is 2. The van der Waals surface area contributed by atoms with Gasteiger partial charge in [-0.1, -0.05) is 0 Å². The zero-order valence-electron chi connectivity index (χ0n) is 11.4. The van der Waals surface area contributed by atoms with Gasteiger partial charge in [0.15, 0.2) is 5.82 Å². The molecule has 0 spiro atoms. The maximum atomic E-state index is 11.4. The Balaban J connectivity index is 1.83. The zero-order valence-corrected chi connectivity index (χ0v) is 11.4. The molecule has 1 fully saturated rings. The highest BCUT2D eigenvalue weighted by Crippen LogP contribution is 2.31. The van der Waals surface area contributed by atoms with Crippen molar-refractivity contribution in [1.29, 1.82) is 0 Å². The van der Waals surface area contributed by atoms with Crippen molar-refractivity contribution in [3.05, 3.63) is 30.5 Å². The Labute approximate surface area is 117 Å². The Morgan fingerprint density at radius 3 is 2.60 bits per heavy atom. The number of aromatic nitrogens is 4. The number of carbonyl (C=O) groups is 1. The predicted octanol–water partition coefficient (Wildman–Crippen LogP) is 1.59. The summed E-state index contributed by atoms with van der Waals surface area (Å²) < 4.78 is 0. The lowest BCUT2D eigenvalue weighted by Gasteiger charge is -2.31. The molecule has 0 saturated carbocycles. The Morgan fingerprint density at radius 1 is 1.20 bits per heavy atom. The Kier molecular flexibility index (Phi) is 3.45. The first kappa shape index (κ1) is 12.8. The van der Waals surface area contributed by atoms with Gasteiger partial charge in [0.05, 0.1) is 5.69 Å². The molecule has 1 amide bonds. The molecule has 1 saturated heterocycles. The summed E-state index contributed by atoms with van der Waals surface area (Å²) in [6.45, 7) is 3.19. The minimum Gasteiger partial charge on any atom is -0.343 e. The highest BCUT2D eigenvalue weighted by atomic mass is 16.2. The number of hydrogen-bond donors (Lipinski definition) is 1. The highest BCUT2D eigenvalue weighted by Gasteiger charge is 2.26. The second kappa shape index (κ2) is 5.40. The Hall–Kier alpha value is -2.24. The van der Waals surface area contributed by atoms with Gasteiger partial charge < -0.3 is 9.88 Å². The van der Waals surface area contributed by atoms with Crippen LogP contribution in [0.25, 0.3) is 11.5 Å². The number of piperidine rings is 1. The molecule has 1 aliphatic rings. The minimum absolute atomic E-state index is 0.147. The van der Waals surface area contributed by atoms with Crippen molar-refractivity contribution in [1.82, 2.24) is 24.8 Å².